The number of hydrogen-bond donors (Lipinski definition) is 1. The molecule has 152 valence electrons. The van der Waals surface area contributed by atoms with Gasteiger partial charge in [-0.3, -0.25) is 9.48 Å². The Bertz CT molecular complexity index is 978. The third-order valence-corrected chi connectivity index (χ3v) is 4.32. The van der Waals surface area contributed by atoms with Gasteiger partial charge < -0.3 is 10.1 Å². The average Bonchev–Trinajstić information content (AvgIpc) is 3.08. The highest BCUT2D eigenvalue weighted by Gasteiger charge is 2.30. The van der Waals surface area contributed by atoms with Gasteiger partial charge in [0.05, 0.1) is 11.3 Å². The minimum absolute atomic E-state index is 0.218. The summed E-state index contributed by atoms with van der Waals surface area (Å²) in [7, 11) is 1.72. The number of benzene rings is 2. The molecule has 0 radical (unpaired) electrons. The summed E-state index contributed by atoms with van der Waals surface area (Å²) in [5, 5.41) is 7.09. The fourth-order valence-electron chi connectivity index (χ4n) is 2.71. The molecule has 0 aliphatic carbocycles. The van der Waals surface area contributed by atoms with Crippen LogP contribution in [0.3, 0.4) is 0 Å². The van der Waals surface area contributed by atoms with Crippen molar-refractivity contribution in [3.8, 4) is 11.5 Å². The molecule has 0 aliphatic rings. The second-order valence-electron chi connectivity index (χ2n) is 6.45. The number of amides is 1. The number of nitrogens with one attached hydrogen (secondary N) is 1. The lowest BCUT2D eigenvalue weighted by Crippen LogP contribution is -2.25. The molecule has 1 aromatic heterocycles. The maximum Gasteiger partial charge on any atom is 0.416 e. The zero-order chi connectivity index (χ0) is 21.0. The van der Waals surface area contributed by atoms with Crippen LogP contribution in [0.2, 0.25) is 0 Å². The molecule has 1 heterocycles. The van der Waals surface area contributed by atoms with Crippen LogP contribution in [0.15, 0.2) is 54.6 Å². The van der Waals surface area contributed by atoms with E-state index in [1.54, 1.807) is 42.1 Å². The van der Waals surface area contributed by atoms with Crippen LogP contribution in [0.5, 0.6) is 11.5 Å². The normalized spacial score (nSPS) is 11.3. The molecule has 1 amide bonds. The average molecular weight is 403 g/mol. The number of aryl methyl sites for hydroxylation is 2. The van der Waals surface area contributed by atoms with Crippen molar-refractivity contribution in [1.82, 2.24) is 15.1 Å². The van der Waals surface area contributed by atoms with Crippen LogP contribution in [0.1, 0.15) is 34.2 Å². The summed E-state index contributed by atoms with van der Waals surface area (Å²) in [6, 6.07) is 13.2. The van der Waals surface area contributed by atoms with Crippen LogP contribution in [-0.4, -0.2) is 15.7 Å². The van der Waals surface area contributed by atoms with Crippen molar-refractivity contribution < 1.29 is 22.7 Å². The molecule has 1 N–H and O–H groups in total. The highest BCUT2D eigenvalue weighted by atomic mass is 19.4. The van der Waals surface area contributed by atoms with Gasteiger partial charge in [-0.2, -0.15) is 18.3 Å². The first kappa shape index (κ1) is 20.4. The second-order valence-corrected chi connectivity index (χ2v) is 6.45. The first-order chi connectivity index (χ1) is 13.8. The number of nitrogens with zero attached hydrogens (tertiary/aromatic N) is 2. The number of carbonyl (C=O) groups is 1. The molecule has 8 heteroatoms. The third kappa shape index (κ3) is 5.16. The summed E-state index contributed by atoms with van der Waals surface area (Å²) in [5.74, 6) is 0.575. The predicted molar refractivity (Wildman–Crippen MR) is 102 cm³/mol. The van der Waals surface area contributed by atoms with Gasteiger partial charge in [0, 0.05) is 13.6 Å². The third-order valence-electron chi connectivity index (χ3n) is 4.32. The van der Waals surface area contributed by atoms with E-state index in [1.807, 2.05) is 6.92 Å². The van der Waals surface area contributed by atoms with E-state index in [0.29, 0.717) is 23.7 Å². The minimum atomic E-state index is -4.38. The van der Waals surface area contributed by atoms with Gasteiger partial charge in [0.25, 0.3) is 5.91 Å². The van der Waals surface area contributed by atoms with Gasteiger partial charge in [-0.15, -0.1) is 0 Å². The zero-order valence-corrected chi connectivity index (χ0v) is 16.0. The fraction of sp³-hybridized carbons (Fsp3) is 0.238. The van der Waals surface area contributed by atoms with E-state index in [9.17, 15) is 18.0 Å². The molecule has 29 heavy (non-hydrogen) atoms. The number of ether oxygens (including phenoxy) is 1. The summed E-state index contributed by atoms with van der Waals surface area (Å²) in [4.78, 5) is 12.3. The van der Waals surface area contributed by atoms with E-state index in [1.165, 1.54) is 12.1 Å². The number of carbonyl (C=O) groups excluding carboxylic acids is 1. The lowest BCUT2D eigenvalue weighted by Gasteiger charge is -2.10. The zero-order valence-electron chi connectivity index (χ0n) is 16.0. The first-order valence-electron chi connectivity index (χ1n) is 9.01. The molecule has 0 bridgehead atoms. The molecule has 0 saturated carbocycles. The summed E-state index contributed by atoms with van der Waals surface area (Å²) in [6.07, 6.45) is -3.63. The van der Waals surface area contributed by atoms with Crippen LogP contribution in [-0.2, 0) is 26.2 Å². The Morgan fingerprint density at radius 3 is 2.17 bits per heavy atom. The lowest BCUT2D eigenvalue weighted by atomic mass is 10.2. The van der Waals surface area contributed by atoms with Crippen LogP contribution in [0, 0.1) is 0 Å². The molecule has 0 saturated heterocycles. The van der Waals surface area contributed by atoms with Gasteiger partial charge >= 0.3 is 6.18 Å². The van der Waals surface area contributed by atoms with Gasteiger partial charge in [-0.25, -0.2) is 0 Å². The summed E-state index contributed by atoms with van der Waals surface area (Å²) >= 11 is 0. The molecule has 3 rings (SSSR count). The van der Waals surface area contributed by atoms with Gasteiger partial charge in [-0.1, -0.05) is 19.1 Å². The molecular formula is C21H20F3N3O2. The van der Waals surface area contributed by atoms with Gasteiger partial charge in [0.2, 0.25) is 0 Å². The molecule has 0 unspecified atom stereocenters. The highest BCUT2D eigenvalue weighted by molar-refractivity contribution is 5.92. The maximum atomic E-state index is 12.6. The molecule has 0 aliphatic heterocycles. The smallest absolute Gasteiger partial charge is 0.416 e. The Morgan fingerprint density at radius 1 is 1.07 bits per heavy atom. The van der Waals surface area contributed by atoms with Gasteiger partial charge in [0.1, 0.15) is 17.2 Å². The number of alkyl halides is 3. The van der Waals surface area contributed by atoms with E-state index in [2.05, 4.69) is 10.4 Å². The fourth-order valence-corrected chi connectivity index (χ4v) is 2.71. The van der Waals surface area contributed by atoms with Crippen molar-refractivity contribution >= 4 is 5.91 Å². The van der Waals surface area contributed by atoms with Crippen LogP contribution < -0.4 is 10.1 Å². The number of rotatable bonds is 6. The molecule has 0 fully saturated rings. The molecule has 0 spiro atoms. The number of halogens is 3. The van der Waals surface area contributed by atoms with Crippen molar-refractivity contribution in [2.24, 2.45) is 7.05 Å². The predicted octanol–water partition coefficient (Wildman–Crippen LogP) is 4.72. The summed E-state index contributed by atoms with van der Waals surface area (Å²) in [5.41, 5.74) is 1.47. The maximum absolute atomic E-state index is 12.6. The van der Waals surface area contributed by atoms with E-state index >= 15 is 0 Å². The SMILES string of the molecule is CCc1cc(C(=O)NCc2ccc(Oc3ccc(C(F)(F)F)cc3)cc2)n(C)n1. The van der Waals surface area contributed by atoms with Crippen LogP contribution >= 0.6 is 0 Å². The molecular weight excluding hydrogens is 383 g/mol. The van der Waals surface area contributed by atoms with Gasteiger partial charge in [-0.05, 0) is 54.4 Å². The summed E-state index contributed by atoms with van der Waals surface area (Å²) < 4.78 is 44.9. The number of aromatic nitrogens is 2. The monoisotopic (exact) mass is 403 g/mol. The molecule has 3 aromatic rings. The molecule has 0 atom stereocenters. The quantitative estimate of drug-likeness (QED) is 0.648. The first-order valence-corrected chi connectivity index (χ1v) is 9.01. The Morgan fingerprint density at radius 2 is 1.66 bits per heavy atom. The Balaban J connectivity index is 1.57. The second kappa shape index (κ2) is 8.38. The van der Waals surface area contributed by atoms with E-state index < -0.39 is 11.7 Å². The van der Waals surface area contributed by atoms with Crippen molar-refractivity contribution in [3.05, 3.63) is 77.1 Å². The van der Waals surface area contributed by atoms with E-state index in [0.717, 1.165) is 29.8 Å². The molecule has 5 nitrogen and oxygen atoms in total. The van der Waals surface area contributed by atoms with E-state index in [4.69, 9.17) is 4.74 Å². The van der Waals surface area contributed by atoms with Crippen molar-refractivity contribution in [1.29, 1.82) is 0 Å². The minimum Gasteiger partial charge on any atom is -0.457 e. The Kier molecular flexibility index (Phi) is 5.91. The van der Waals surface area contributed by atoms with Crippen molar-refractivity contribution in [2.45, 2.75) is 26.1 Å². The molecule has 2 aromatic carbocycles. The number of hydrogen-bond acceptors (Lipinski definition) is 3. The van der Waals surface area contributed by atoms with Crippen molar-refractivity contribution in [2.75, 3.05) is 0 Å². The highest BCUT2D eigenvalue weighted by Crippen LogP contribution is 2.31. The van der Waals surface area contributed by atoms with Crippen LogP contribution in [0.4, 0.5) is 13.2 Å². The van der Waals surface area contributed by atoms with Gasteiger partial charge in [0.15, 0.2) is 0 Å². The standard InChI is InChI=1S/C21H20F3N3O2/c1-3-16-12-19(27(2)26-16)20(28)25-13-14-4-8-17(9-5-14)29-18-10-6-15(7-11-18)21(22,23)24/h4-12H,3,13H2,1-2H3,(H,25,28). The van der Waals surface area contributed by atoms with Crippen LogP contribution in [0.25, 0.3) is 0 Å². The largest absolute Gasteiger partial charge is 0.457 e. The van der Waals surface area contributed by atoms with Crippen molar-refractivity contribution in [3.63, 3.8) is 0 Å². The topological polar surface area (TPSA) is 56.1 Å². The summed E-state index contributed by atoms with van der Waals surface area (Å²) in [6.45, 7) is 2.30. The Labute approximate surface area is 166 Å². The lowest BCUT2D eigenvalue weighted by molar-refractivity contribution is -0.137. The van der Waals surface area contributed by atoms with E-state index in [-0.39, 0.29) is 5.91 Å². The Hall–Kier alpha value is -3.29.